The van der Waals surface area contributed by atoms with Crippen LogP contribution in [0.2, 0.25) is 0 Å². The Morgan fingerprint density at radius 3 is 2.59 bits per heavy atom. The van der Waals surface area contributed by atoms with Crippen LogP contribution in [0.5, 0.6) is 17.2 Å². The number of ketones is 1. The topological polar surface area (TPSA) is 134 Å². The number of methoxy groups -OCH3 is 1. The summed E-state index contributed by atoms with van der Waals surface area (Å²) in [5.74, 6) is 1.10. The van der Waals surface area contributed by atoms with Gasteiger partial charge in [0.05, 0.1) is 5.60 Å². The molecule has 10 nitrogen and oxygen atoms in total. The number of aliphatic hydroxyl groups excluding tert-OH is 2. The van der Waals surface area contributed by atoms with Crippen molar-refractivity contribution in [3.8, 4) is 17.2 Å². The molecule has 0 radical (unpaired) electrons. The molecule has 2 aromatic carbocycles. The molecule has 4 atom stereocenters. The first kappa shape index (κ1) is 25.2. The van der Waals surface area contributed by atoms with E-state index in [9.17, 15) is 19.8 Å². The highest BCUT2D eigenvalue weighted by atomic mass is 16.7. The fraction of sp³-hybridized carbons (Fsp3) is 0.407. The molecule has 0 spiro atoms. The van der Waals surface area contributed by atoms with Crippen molar-refractivity contribution >= 4 is 16.8 Å². The summed E-state index contributed by atoms with van der Waals surface area (Å²) in [4.78, 5) is 25.6. The highest BCUT2D eigenvalue weighted by Gasteiger charge is 2.50. The third kappa shape index (κ3) is 4.57. The van der Waals surface area contributed by atoms with E-state index in [2.05, 4.69) is 0 Å². The maximum Gasteiger partial charge on any atom is 0.339 e. The zero-order valence-corrected chi connectivity index (χ0v) is 20.8. The number of hydrogen-bond acceptors (Lipinski definition) is 10. The minimum Gasteiger partial charge on any atom is -0.462 e. The van der Waals surface area contributed by atoms with Crippen LogP contribution in [0.15, 0.2) is 45.6 Å². The summed E-state index contributed by atoms with van der Waals surface area (Å²) in [6, 6.07) is 9.83. The molecule has 1 fully saturated rings. The first-order valence-electron chi connectivity index (χ1n) is 11.8. The number of benzene rings is 2. The monoisotopic (exact) mass is 512 g/mol. The number of aliphatic hydroxyl groups is 2. The summed E-state index contributed by atoms with van der Waals surface area (Å²) in [5, 5.41) is 21.6. The molecule has 1 aromatic heterocycles. The number of hydrogen-bond donors (Lipinski definition) is 2. The average molecular weight is 513 g/mol. The van der Waals surface area contributed by atoms with E-state index < -0.39 is 35.8 Å². The zero-order chi connectivity index (χ0) is 26.5. The second kappa shape index (κ2) is 9.46. The van der Waals surface area contributed by atoms with Crippen molar-refractivity contribution in [2.75, 3.05) is 13.9 Å². The van der Waals surface area contributed by atoms with Crippen LogP contribution in [0.4, 0.5) is 0 Å². The van der Waals surface area contributed by atoms with Crippen LogP contribution in [-0.4, -0.2) is 60.1 Å². The number of carbonyl (C=O) groups is 1. The van der Waals surface area contributed by atoms with Crippen LogP contribution in [0.1, 0.15) is 35.3 Å². The van der Waals surface area contributed by atoms with Gasteiger partial charge in [0.2, 0.25) is 13.1 Å². The first-order valence-corrected chi connectivity index (χ1v) is 11.8. The quantitative estimate of drug-likeness (QED) is 0.375. The van der Waals surface area contributed by atoms with Crippen molar-refractivity contribution in [3.05, 3.63) is 63.5 Å². The van der Waals surface area contributed by atoms with Gasteiger partial charge < -0.3 is 38.3 Å². The average Bonchev–Trinajstić information content (AvgIpc) is 3.33. The molecule has 1 saturated heterocycles. The Bertz CT molecular complexity index is 1410. The number of Topliss-reactive ketones (excluding diaryl/α,β-unsaturated/α-hetero) is 1. The summed E-state index contributed by atoms with van der Waals surface area (Å²) in [6.07, 6.45) is -4.69. The Morgan fingerprint density at radius 2 is 1.84 bits per heavy atom. The smallest absolute Gasteiger partial charge is 0.339 e. The first-order chi connectivity index (χ1) is 17.6. The molecule has 0 bridgehead atoms. The highest BCUT2D eigenvalue weighted by Crippen LogP contribution is 2.35. The molecule has 0 aliphatic carbocycles. The van der Waals surface area contributed by atoms with Crippen LogP contribution >= 0.6 is 0 Å². The van der Waals surface area contributed by atoms with Gasteiger partial charge in [-0.3, -0.25) is 4.79 Å². The number of fused-ring (bicyclic) bond motifs is 2. The van der Waals surface area contributed by atoms with E-state index in [0.29, 0.717) is 33.8 Å². The van der Waals surface area contributed by atoms with Gasteiger partial charge in [-0.05, 0) is 57.2 Å². The van der Waals surface area contributed by atoms with Crippen molar-refractivity contribution in [2.24, 2.45) is 0 Å². The van der Waals surface area contributed by atoms with E-state index in [-0.39, 0.29) is 30.1 Å². The van der Waals surface area contributed by atoms with Crippen LogP contribution in [-0.2, 0) is 15.9 Å². The molecular weight excluding hydrogens is 484 g/mol. The Kier molecular flexibility index (Phi) is 6.45. The molecule has 2 N–H and O–H groups in total. The molecule has 37 heavy (non-hydrogen) atoms. The van der Waals surface area contributed by atoms with E-state index in [1.54, 1.807) is 57.2 Å². The third-order valence-corrected chi connectivity index (χ3v) is 6.76. The summed E-state index contributed by atoms with van der Waals surface area (Å²) in [5.41, 5.74) is -0.188. The van der Waals surface area contributed by atoms with Gasteiger partial charge in [-0.1, -0.05) is 0 Å². The SMILES string of the molecule is CO[C@@H]1[C@@H](O)[C@@H](O)[C@H](Oc2ccc3cc(CC(=O)c4ccc5c(c4)OCO5)c(=O)oc3c2C)OC1(C)C. The van der Waals surface area contributed by atoms with E-state index in [4.69, 9.17) is 28.1 Å². The number of rotatable bonds is 6. The van der Waals surface area contributed by atoms with Crippen molar-refractivity contribution in [1.29, 1.82) is 0 Å². The van der Waals surface area contributed by atoms with Crippen molar-refractivity contribution in [2.45, 2.75) is 57.4 Å². The molecule has 0 saturated carbocycles. The minimum absolute atomic E-state index is 0.101. The lowest BCUT2D eigenvalue weighted by atomic mass is 9.89. The van der Waals surface area contributed by atoms with E-state index in [0.717, 1.165) is 0 Å². The summed E-state index contributed by atoms with van der Waals surface area (Å²) < 4.78 is 33.3. The van der Waals surface area contributed by atoms with E-state index in [1.165, 1.54) is 7.11 Å². The van der Waals surface area contributed by atoms with Crippen molar-refractivity contribution in [3.63, 3.8) is 0 Å². The second-order valence-corrected chi connectivity index (χ2v) is 9.68. The van der Waals surface area contributed by atoms with Gasteiger partial charge in [0.25, 0.3) is 0 Å². The summed E-state index contributed by atoms with van der Waals surface area (Å²) in [7, 11) is 1.43. The third-order valence-electron chi connectivity index (χ3n) is 6.76. The second-order valence-electron chi connectivity index (χ2n) is 9.68. The van der Waals surface area contributed by atoms with Crippen LogP contribution in [0.25, 0.3) is 11.0 Å². The molecule has 5 rings (SSSR count). The lowest BCUT2D eigenvalue weighted by molar-refractivity contribution is -0.306. The predicted molar refractivity (Wildman–Crippen MR) is 130 cm³/mol. The molecule has 10 heteroatoms. The predicted octanol–water partition coefficient (Wildman–Crippen LogP) is 2.51. The van der Waals surface area contributed by atoms with E-state index >= 15 is 0 Å². The van der Waals surface area contributed by atoms with Crippen LogP contribution in [0, 0.1) is 6.92 Å². The fourth-order valence-corrected chi connectivity index (χ4v) is 4.77. The van der Waals surface area contributed by atoms with Gasteiger partial charge in [-0.15, -0.1) is 0 Å². The molecule has 0 amide bonds. The Hall–Kier alpha value is -3.44. The standard InChI is InChI=1S/C27H28O10/c1-13-18(35-26-22(30)21(29)24(32-4)27(2,3)37-26)7-6-15-9-16(25(31)36-23(13)15)10-17(28)14-5-8-19-20(11-14)34-12-33-19/h5-9,11,21-22,24,26,29-30H,10,12H2,1-4H3/t21-,22+,24+,26+/m0/s1. The van der Waals surface area contributed by atoms with Gasteiger partial charge in [0.1, 0.15) is 29.6 Å². The Balaban J connectivity index is 1.38. The zero-order valence-electron chi connectivity index (χ0n) is 20.8. The lowest BCUT2D eigenvalue weighted by Crippen LogP contribution is -2.63. The van der Waals surface area contributed by atoms with Gasteiger partial charge in [-0.2, -0.15) is 0 Å². The fourth-order valence-electron chi connectivity index (χ4n) is 4.77. The van der Waals surface area contributed by atoms with Gasteiger partial charge in [0.15, 0.2) is 17.3 Å². The maximum atomic E-state index is 12.8. The van der Waals surface area contributed by atoms with Crippen LogP contribution < -0.4 is 19.8 Å². The van der Waals surface area contributed by atoms with Gasteiger partial charge in [-0.25, -0.2) is 4.79 Å². The lowest BCUT2D eigenvalue weighted by Gasteiger charge is -2.46. The molecule has 0 unspecified atom stereocenters. The van der Waals surface area contributed by atoms with Gasteiger partial charge in [0, 0.05) is 35.6 Å². The highest BCUT2D eigenvalue weighted by molar-refractivity contribution is 5.98. The summed E-state index contributed by atoms with van der Waals surface area (Å²) >= 11 is 0. The molecule has 2 aliphatic rings. The Morgan fingerprint density at radius 1 is 1.08 bits per heavy atom. The van der Waals surface area contributed by atoms with E-state index in [1.807, 2.05) is 0 Å². The Labute approximate surface area is 212 Å². The van der Waals surface area contributed by atoms with Crippen molar-refractivity contribution in [1.82, 2.24) is 0 Å². The molecular formula is C27H28O10. The van der Waals surface area contributed by atoms with Crippen molar-refractivity contribution < 1.29 is 43.1 Å². The number of aryl methyl sites for hydroxylation is 1. The number of carbonyl (C=O) groups excluding carboxylic acids is 1. The molecule has 3 aromatic rings. The largest absolute Gasteiger partial charge is 0.462 e. The summed E-state index contributed by atoms with van der Waals surface area (Å²) in [6.45, 7) is 5.26. The molecule has 2 aliphatic heterocycles. The van der Waals surface area contributed by atoms with Crippen LogP contribution in [0.3, 0.4) is 0 Å². The molecule has 3 heterocycles. The molecule has 196 valence electrons. The minimum atomic E-state index is -1.37. The number of ether oxygens (including phenoxy) is 5. The maximum absolute atomic E-state index is 12.8. The van der Waals surface area contributed by atoms with Gasteiger partial charge >= 0.3 is 5.63 Å². The normalized spacial score (nSPS) is 24.3.